The van der Waals surface area contributed by atoms with Crippen LogP contribution in [0.4, 0.5) is 10.6 Å². The zero-order chi connectivity index (χ0) is 23.5. The van der Waals surface area contributed by atoms with Gasteiger partial charge in [-0.25, -0.2) is 9.78 Å². The maximum Gasteiger partial charge on any atom is 0.411 e. The largest absolute Gasteiger partial charge is 0.444 e. The number of carbonyl (C=O) groups is 2. The second-order valence-electron chi connectivity index (χ2n) is 9.01. The molecule has 2 amide bonds. The Labute approximate surface area is 195 Å². The Morgan fingerprint density at radius 1 is 1.47 bits per heavy atom. The smallest absolute Gasteiger partial charge is 0.411 e. The van der Waals surface area contributed by atoms with Gasteiger partial charge in [-0.2, -0.15) is 0 Å². The summed E-state index contributed by atoms with van der Waals surface area (Å²) < 4.78 is 11.6. The molecule has 0 aromatic carbocycles. The summed E-state index contributed by atoms with van der Waals surface area (Å²) in [6.45, 7) is 9.78. The van der Waals surface area contributed by atoms with E-state index >= 15 is 0 Å². The molecular weight excluding hydrogens is 480 g/mol. The van der Waals surface area contributed by atoms with E-state index in [9.17, 15) is 9.59 Å². The molecule has 2 fully saturated rings. The number of nitrogens with one attached hydrogen (secondary N) is 1. The number of hydrogen-bond acceptors (Lipinski definition) is 6. The van der Waals surface area contributed by atoms with Gasteiger partial charge >= 0.3 is 6.09 Å². The Morgan fingerprint density at radius 3 is 2.88 bits per heavy atom. The molecule has 2 heterocycles. The lowest BCUT2D eigenvalue weighted by Crippen LogP contribution is -2.47. The lowest BCUT2D eigenvalue weighted by molar-refractivity contribution is -0.121. The number of anilines is 1. The van der Waals surface area contributed by atoms with E-state index in [-0.39, 0.29) is 25.1 Å². The van der Waals surface area contributed by atoms with E-state index < -0.39 is 23.2 Å². The standard InChI is InChI=1S/C21H27BrN6O4/c1-5-8-31-11-13-6-7-16(22)25-17(13)26-18(29)14-9-21(12-24-27-23)10-15(21)28(14)19(30)32-20(2,3)4/h5-7,14-15H,1,8-12H2,2-4H3,(H,25,26,29)/t14-,15+,21-/m0/s1. The van der Waals surface area contributed by atoms with Gasteiger partial charge in [-0.1, -0.05) is 17.3 Å². The van der Waals surface area contributed by atoms with Gasteiger partial charge in [0.15, 0.2) is 0 Å². The molecule has 1 aromatic heterocycles. The van der Waals surface area contributed by atoms with Crippen molar-refractivity contribution in [2.75, 3.05) is 18.5 Å². The van der Waals surface area contributed by atoms with Gasteiger partial charge < -0.3 is 14.8 Å². The fourth-order valence-corrected chi connectivity index (χ4v) is 4.29. The number of pyridine rings is 1. The number of amides is 2. The lowest BCUT2D eigenvalue weighted by atomic mass is 9.99. The first-order chi connectivity index (χ1) is 15.1. The molecule has 0 unspecified atom stereocenters. The highest BCUT2D eigenvalue weighted by Crippen LogP contribution is 2.60. The second-order valence-corrected chi connectivity index (χ2v) is 9.83. The van der Waals surface area contributed by atoms with Gasteiger partial charge in [-0.3, -0.25) is 9.69 Å². The molecule has 2 aliphatic rings. The van der Waals surface area contributed by atoms with Crippen LogP contribution in [0.2, 0.25) is 0 Å². The number of carbonyl (C=O) groups excluding carboxylic acids is 2. The third kappa shape index (κ3) is 5.40. The number of ether oxygens (including phenoxy) is 2. The van der Waals surface area contributed by atoms with Gasteiger partial charge in [0.05, 0.1) is 13.2 Å². The lowest BCUT2D eigenvalue weighted by Gasteiger charge is -2.30. The normalized spacial score (nSPS) is 23.7. The molecule has 3 rings (SSSR count). The van der Waals surface area contributed by atoms with Crippen molar-refractivity contribution < 1.29 is 19.1 Å². The number of hydrogen-bond donors (Lipinski definition) is 1. The highest BCUT2D eigenvalue weighted by atomic mass is 79.9. The predicted octanol–water partition coefficient (Wildman–Crippen LogP) is 4.56. The van der Waals surface area contributed by atoms with Gasteiger partial charge in [0.25, 0.3) is 0 Å². The molecule has 10 nitrogen and oxygen atoms in total. The number of fused-ring (bicyclic) bond motifs is 1. The van der Waals surface area contributed by atoms with E-state index in [2.05, 4.69) is 42.8 Å². The van der Waals surface area contributed by atoms with E-state index in [1.165, 1.54) is 4.90 Å². The SMILES string of the molecule is C=CCOCc1ccc(Br)nc1NC(=O)[C@@H]1C[C@@]2(CN=[N+]=[N-])C[C@H]2N1C(=O)OC(C)(C)C. The van der Waals surface area contributed by atoms with E-state index in [0.717, 1.165) is 0 Å². The van der Waals surface area contributed by atoms with Crippen LogP contribution in [0.5, 0.6) is 0 Å². The van der Waals surface area contributed by atoms with Gasteiger partial charge in [0.2, 0.25) is 5.91 Å². The number of halogens is 1. The van der Waals surface area contributed by atoms with Gasteiger partial charge in [-0.05, 0) is 61.1 Å². The van der Waals surface area contributed by atoms with Crippen LogP contribution in [-0.4, -0.2) is 52.7 Å². The fraction of sp³-hybridized carbons (Fsp3) is 0.571. The molecule has 1 aliphatic carbocycles. The molecule has 0 radical (unpaired) electrons. The summed E-state index contributed by atoms with van der Waals surface area (Å²) in [6, 6.07) is 2.59. The van der Waals surface area contributed by atoms with E-state index in [4.69, 9.17) is 15.0 Å². The van der Waals surface area contributed by atoms with Crippen molar-refractivity contribution in [3.63, 3.8) is 0 Å². The number of likely N-dealkylation sites (tertiary alicyclic amines) is 1. The Morgan fingerprint density at radius 2 is 2.22 bits per heavy atom. The minimum absolute atomic E-state index is 0.204. The molecule has 32 heavy (non-hydrogen) atoms. The topological polar surface area (TPSA) is 130 Å². The molecule has 1 aromatic rings. The minimum Gasteiger partial charge on any atom is -0.444 e. The molecule has 11 heteroatoms. The molecule has 1 aliphatic heterocycles. The van der Waals surface area contributed by atoms with Crippen LogP contribution in [0.25, 0.3) is 10.4 Å². The van der Waals surface area contributed by atoms with E-state index in [1.807, 2.05) is 0 Å². The van der Waals surface area contributed by atoms with Crippen molar-refractivity contribution in [1.82, 2.24) is 9.88 Å². The Bertz CT molecular complexity index is 958. The minimum atomic E-state index is -0.764. The van der Waals surface area contributed by atoms with E-state index in [1.54, 1.807) is 39.0 Å². The van der Waals surface area contributed by atoms with Crippen LogP contribution in [0.1, 0.15) is 39.2 Å². The molecular formula is C21H27BrN6O4. The van der Waals surface area contributed by atoms with Crippen LogP contribution in [0.15, 0.2) is 34.5 Å². The average Bonchev–Trinajstić information content (AvgIpc) is 3.30. The Balaban J connectivity index is 1.82. The van der Waals surface area contributed by atoms with Crippen molar-refractivity contribution in [3.8, 4) is 0 Å². The predicted molar refractivity (Wildman–Crippen MR) is 122 cm³/mol. The molecule has 0 spiro atoms. The van der Waals surface area contributed by atoms with Crippen LogP contribution in [0.3, 0.4) is 0 Å². The third-order valence-electron chi connectivity index (χ3n) is 5.45. The maximum atomic E-state index is 13.3. The maximum absolute atomic E-state index is 13.3. The number of nitrogens with zero attached hydrogens (tertiary/aromatic N) is 5. The average molecular weight is 507 g/mol. The zero-order valence-corrected chi connectivity index (χ0v) is 20.0. The van der Waals surface area contributed by atoms with Crippen LogP contribution in [0, 0.1) is 5.41 Å². The number of piperidine rings is 1. The number of aromatic nitrogens is 1. The van der Waals surface area contributed by atoms with Gasteiger partial charge in [-0.15, -0.1) is 6.58 Å². The first-order valence-electron chi connectivity index (χ1n) is 10.3. The highest BCUT2D eigenvalue weighted by Gasteiger charge is 2.67. The molecule has 0 bridgehead atoms. The molecule has 3 atom stereocenters. The summed E-state index contributed by atoms with van der Waals surface area (Å²) >= 11 is 3.32. The van der Waals surface area contributed by atoms with E-state index in [0.29, 0.717) is 35.4 Å². The first-order valence-corrected chi connectivity index (χ1v) is 11.1. The molecule has 1 saturated carbocycles. The first kappa shape index (κ1) is 24.0. The zero-order valence-electron chi connectivity index (χ0n) is 18.4. The summed E-state index contributed by atoms with van der Waals surface area (Å²) in [5, 5.41) is 6.55. The van der Waals surface area contributed by atoms with Crippen LogP contribution < -0.4 is 5.32 Å². The number of rotatable bonds is 8. The van der Waals surface area contributed by atoms with Crippen molar-refractivity contribution >= 4 is 33.7 Å². The van der Waals surface area contributed by atoms with Crippen molar-refractivity contribution in [3.05, 3.63) is 45.4 Å². The summed E-state index contributed by atoms with van der Waals surface area (Å²) in [5.74, 6) is -0.0267. The van der Waals surface area contributed by atoms with Crippen molar-refractivity contribution in [2.45, 2.75) is 57.9 Å². The van der Waals surface area contributed by atoms with Crippen LogP contribution in [-0.2, 0) is 20.9 Å². The fourth-order valence-electron chi connectivity index (χ4n) is 3.98. The summed E-state index contributed by atoms with van der Waals surface area (Å²) in [5.41, 5.74) is 8.34. The third-order valence-corrected chi connectivity index (χ3v) is 5.90. The second kappa shape index (κ2) is 9.48. The number of azide groups is 1. The summed E-state index contributed by atoms with van der Waals surface area (Å²) in [6.07, 6.45) is 2.14. The van der Waals surface area contributed by atoms with Gasteiger partial charge in [0.1, 0.15) is 22.1 Å². The Hall–Kier alpha value is -2.62. The Kier molecular flexibility index (Phi) is 7.12. The molecule has 1 N–H and O–H groups in total. The van der Waals surface area contributed by atoms with Crippen LogP contribution >= 0.6 is 15.9 Å². The summed E-state index contributed by atoms with van der Waals surface area (Å²) in [7, 11) is 0. The molecule has 1 saturated heterocycles. The van der Waals surface area contributed by atoms with Crippen molar-refractivity contribution in [1.29, 1.82) is 0 Å². The monoisotopic (exact) mass is 506 g/mol. The quantitative estimate of drug-likeness (QED) is 0.138. The van der Waals surface area contributed by atoms with Gasteiger partial charge in [0, 0.05) is 28.5 Å². The molecule has 172 valence electrons. The summed E-state index contributed by atoms with van der Waals surface area (Å²) in [4.78, 5) is 34.9. The van der Waals surface area contributed by atoms with Crippen molar-refractivity contribution in [2.24, 2.45) is 10.5 Å². The highest BCUT2D eigenvalue weighted by molar-refractivity contribution is 9.10.